The summed E-state index contributed by atoms with van der Waals surface area (Å²) >= 11 is 4.77. The number of sulfonamides is 1. The lowest BCUT2D eigenvalue weighted by Crippen LogP contribution is -2.16. The molecular formula is C19H17BrN2O3S2. The van der Waals surface area contributed by atoms with Crippen LogP contribution in [0.5, 0.6) is 0 Å². The zero-order chi connectivity index (χ0) is 19.6. The number of carbonyl (C=O) groups is 1. The van der Waals surface area contributed by atoms with Crippen molar-refractivity contribution in [3.05, 3.63) is 69.5 Å². The first-order valence-corrected chi connectivity index (χ1v) is 11.3. The monoisotopic (exact) mass is 464 g/mol. The third-order valence-electron chi connectivity index (χ3n) is 3.97. The first kappa shape index (κ1) is 19.8. The highest BCUT2D eigenvalue weighted by Gasteiger charge is 2.16. The molecule has 27 heavy (non-hydrogen) atoms. The number of benzene rings is 2. The van der Waals surface area contributed by atoms with Crippen LogP contribution in [0.25, 0.3) is 10.4 Å². The Balaban J connectivity index is 1.83. The van der Waals surface area contributed by atoms with Crippen LogP contribution in [0.15, 0.2) is 64.0 Å². The molecule has 5 nitrogen and oxygen atoms in total. The molecule has 1 amide bonds. The highest BCUT2D eigenvalue weighted by Crippen LogP contribution is 2.30. The number of amides is 1. The van der Waals surface area contributed by atoms with E-state index >= 15 is 0 Å². The van der Waals surface area contributed by atoms with Gasteiger partial charge in [0.1, 0.15) is 0 Å². The van der Waals surface area contributed by atoms with E-state index in [1.54, 1.807) is 18.2 Å². The van der Waals surface area contributed by atoms with Gasteiger partial charge in [-0.1, -0.05) is 41.1 Å². The van der Waals surface area contributed by atoms with Crippen molar-refractivity contribution >= 4 is 48.9 Å². The van der Waals surface area contributed by atoms with Crippen molar-refractivity contribution in [2.45, 2.75) is 18.2 Å². The largest absolute Gasteiger partial charge is 0.321 e. The number of halogens is 1. The molecule has 0 aliphatic heterocycles. The van der Waals surface area contributed by atoms with E-state index in [0.29, 0.717) is 22.5 Å². The predicted octanol–water partition coefficient (Wildman–Crippen LogP) is 4.64. The summed E-state index contributed by atoms with van der Waals surface area (Å²) in [7, 11) is -3.86. The van der Waals surface area contributed by atoms with Gasteiger partial charge in [-0.15, -0.1) is 11.3 Å². The topological polar surface area (TPSA) is 89.3 Å². The van der Waals surface area contributed by atoms with Gasteiger partial charge in [0, 0.05) is 15.0 Å². The minimum atomic E-state index is -3.86. The lowest BCUT2D eigenvalue weighted by atomic mass is 10.1. The lowest BCUT2D eigenvalue weighted by Gasteiger charge is -2.09. The molecule has 0 spiro atoms. The second kappa shape index (κ2) is 7.93. The van der Waals surface area contributed by atoms with Gasteiger partial charge in [0.25, 0.3) is 5.91 Å². The number of hydrogen-bond acceptors (Lipinski definition) is 4. The predicted molar refractivity (Wildman–Crippen MR) is 113 cm³/mol. The maximum atomic E-state index is 12.5. The molecule has 1 aromatic heterocycles. The molecule has 1 heterocycles. The molecule has 0 radical (unpaired) electrons. The van der Waals surface area contributed by atoms with Gasteiger partial charge in [-0.2, -0.15) is 0 Å². The summed E-state index contributed by atoms with van der Waals surface area (Å²) in [5.41, 5.74) is 2.02. The molecule has 8 heteroatoms. The van der Waals surface area contributed by atoms with Gasteiger partial charge >= 0.3 is 0 Å². The van der Waals surface area contributed by atoms with Gasteiger partial charge in [0.05, 0.1) is 9.77 Å². The van der Waals surface area contributed by atoms with Crippen molar-refractivity contribution in [2.75, 3.05) is 5.32 Å². The number of aryl methyl sites for hydroxylation is 1. The van der Waals surface area contributed by atoms with Crippen LogP contribution in [0.3, 0.4) is 0 Å². The van der Waals surface area contributed by atoms with Crippen molar-refractivity contribution in [3.63, 3.8) is 0 Å². The molecule has 0 fully saturated rings. The van der Waals surface area contributed by atoms with Crippen LogP contribution in [0.1, 0.15) is 22.2 Å². The molecular weight excluding hydrogens is 448 g/mol. The Labute approximate surface area is 170 Å². The first-order valence-electron chi connectivity index (χ1n) is 8.11. The summed E-state index contributed by atoms with van der Waals surface area (Å²) < 4.78 is 24.5. The molecule has 140 valence electrons. The summed E-state index contributed by atoms with van der Waals surface area (Å²) in [6.45, 7) is 1.84. The van der Waals surface area contributed by atoms with Crippen molar-refractivity contribution in [2.24, 2.45) is 5.14 Å². The minimum Gasteiger partial charge on any atom is -0.321 e. The second-order valence-electron chi connectivity index (χ2n) is 5.85. The van der Waals surface area contributed by atoms with Crippen molar-refractivity contribution < 1.29 is 13.2 Å². The van der Waals surface area contributed by atoms with E-state index in [1.807, 2.05) is 37.3 Å². The van der Waals surface area contributed by atoms with Crippen LogP contribution in [0, 0.1) is 0 Å². The van der Waals surface area contributed by atoms with Gasteiger partial charge in [0.2, 0.25) is 10.0 Å². The van der Waals surface area contributed by atoms with Crippen LogP contribution in [0.2, 0.25) is 0 Å². The standard InChI is InChI=1S/C19H17BrN2O3S2/c1-2-12-5-8-15(11-18(12)27(21,24)25)22-19(23)17-10-9-16(26-17)13-3-6-14(20)7-4-13/h3-11H,2H2,1H3,(H,22,23)(H2,21,24,25). The van der Waals surface area contributed by atoms with Gasteiger partial charge in [0.15, 0.2) is 0 Å². The average molecular weight is 465 g/mol. The van der Waals surface area contributed by atoms with Gasteiger partial charge in [-0.3, -0.25) is 4.79 Å². The van der Waals surface area contributed by atoms with Gasteiger partial charge < -0.3 is 5.32 Å². The van der Waals surface area contributed by atoms with E-state index in [1.165, 1.54) is 17.4 Å². The molecule has 0 unspecified atom stereocenters. The Kier molecular flexibility index (Phi) is 5.81. The number of thiophene rings is 1. The fraction of sp³-hybridized carbons (Fsp3) is 0.105. The Morgan fingerprint density at radius 2 is 1.81 bits per heavy atom. The molecule has 2 aromatic carbocycles. The maximum absolute atomic E-state index is 12.5. The third kappa shape index (κ3) is 4.65. The third-order valence-corrected chi connectivity index (χ3v) is 6.63. The van der Waals surface area contributed by atoms with Crippen molar-refractivity contribution in [1.82, 2.24) is 0 Å². The summed E-state index contributed by atoms with van der Waals surface area (Å²) in [5.74, 6) is -0.298. The number of nitrogens with one attached hydrogen (secondary N) is 1. The molecule has 0 aliphatic rings. The van der Waals surface area contributed by atoms with E-state index in [0.717, 1.165) is 14.9 Å². The average Bonchev–Trinajstić information content (AvgIpc) is 3.12. The van der Waals surface area contributed by atoms with Crippen LogP contribution in [-0.2, 0) is 16.4 Å². The van der Waals surface area contributed by atoms with Crippen LogP contribution in [-0.4, -0.2) is 14.3 Å². The number of rotatable bonds is 5. The molecule has 0 aliphatic carbocycles. The molecule has 0 saturated carbocycles. The normalized spacial score (nSPS) is 11.4. The first-order chi connectivity index (χ1) is 12.8. The number of carbonyl (C=O) groups excluding carboxylic acids is 1. The molecule has 3 N–H and O–H groups in total. The fourth-order valence-corrected chi connectivity index (χ4v) is 4.65. The molecule has 3 rings (SSSR count). The minimum absolute atomic E-state index is 0.0320. The van der Waals surface area contributed by atoms with E-state index in [2.05, 4.69) is 21.2 Å². The SMILES string of the molecule is CCc1ccc(NC(=O)c2ccc(-c3ccc(Br)cc3)s2)cc1S(N)(=O)=O. The molecule has 0 saturated heterocycles. The highest BCUT2D eigenvalue weighted by atomic mass is 79.9. The maximum Gasteiger partial charge on any atom is 0.265 e. The molecule has 0 bridgehead atoms. The van der Waals surface area contributed by atoms with Crippen molar-refractivity contribution in [1.29, 1.82) is 0 Å². The highest BCUT2D eigenvalue weighted by molar-refractivity contribution is 9.10. The smallest absolute Gasteiger partial charge is 0.265 e. The van der Waals surface area contributed by atoms with Crippen LogP contribution in [0.4, 0.5) is 5.69 Å². The van der Waals surface area contributed by atoms with Gasteiger partial charge in [-0.25, -0.2) is 13.6 Å². The van der Waals surface area contributed by atoms with Crippen molar-refractivity contribution in [3.8, 4) is 10.4 Å². The fourth-order valence-electron chi connectivity index (χ4n) is 2.61. The summed E-state index contributed by atoms with van der Waals surface area (Å²) in [6, 6.07) is 16.2. The summed E-state index contributed by atoms with van der Waals surface area (Å²) in [5, 5.41) is 8.02. The Hall–Kier alpha value is -2.00. The quantitative estimate of drug-likeness (QED) is 0.576. The Morgan fingerprint density at radius 3 is 2.44 bits per heavy atom. The van der Waals surface area contributed by atoms with Gasteiger partial charge in [-0.05, 0) is 53.9 Å². The van der Waals surface area contributed by atoms with E-state index in [4.69, 9.17) is 5.14 Å². The van der Waals surface area contributed by atoms with Crippen LogP contribution >= 0.6 is 27.3 Å². The molecule has 3 aromatic rings. The number of hydrogen-bond donors (Lipinski definition) is 2. The number of nitrogens with two attached hydrogens (primary N) is 1. The zero-order valence-electron chi connectivity index (χ0n) is 14.4. The second-order valence-corrected chi connectivity index (χ2v) is 9.38. The summed E-state index contributed by atoms with van der Waals surface area (Å²) in [6.07, 6.45) is 0.529. The molecule has 0 atom stereocenters. The zero-order valence-corrected chi connectivity index (χ0v) is 17.6. The lowest BCUT2D eigenvalue weighted by molar-refractivity contribution is 0.103. The Morgan fingerprint density at radius 1 is 1.11 bits per heavy atom. The number of anilines is 1. The summed E-state index contributed by atoms with van der Waals surface area (Å²) in [4.78, 5) is 14.1. The Bertz CT molecular complexity index is 1090. The van der Waals surface area contributed by atoms with E-state index in [-0.39, 0.29) is 10.8 Å². The van der Waals surface area contributed by atoms with E-state index < -0.39 is 10.0 Å². The number of primary sulfonamides is 1. The van der Waals surface area contributed by atoms with Crippen LogP contribution < -0.4 is 10.5 Å². The van der Waals surface area contributed by atoms with E-state index in [9.17, 15) is 13.2 Å².